The highest BCUT2D eigenvalue weighted by molar-refractivity contribution is 6.38. The van der Waals surface area contributed by atoms with Gasteiger partial charge in [-0.25, -0.2) is 4.98 Å². The van der Waals surface area contributed by atoms with Crippen LogP contribution in [0.2, 0.25) is 5.15 Å². The largest absolute Gasteiger partial charge is 0.493 e. The van der Waals surface area contributed by atoms with Crippen molar-refractivity contribution in [2.75, 3.05) is 14.2 Å². The number of rotatable bonds is 2. The molecule has 4 nitrogen and oxygen atoms in total. The molecule has 0 aliphatic heterocycles. The summed E-state index contributed by atoms with van der Waals surface area (Å²) in [6.45, 7) is 0. The smallest absolute Gasteiger partial charge is 0.195 e. The van der Waals surface area contributed by atoms with Crippen molar-refractivity contribution in [1.82, 2.24) is 4.98 Å². The van der Waals surface area contributed by atoms with Gasteiger partial charge in [-0.2, -0.15) is 0 Å². The molecule has 1 heterocycles. The maximum Gasteiger partial charge on any atom is 0.195 e. The number of ether oxygens (including phenoxy) is 2. The Morgan fingerprint density at radius 3 is 2.30 bits per heavy atom. The van der Waals surface area contributed by atoms with Gasteiger partial charge in [0.15, 0.2) is 17.3 Å². The van der Waals surface area contributed by atoms with Gasteiger partial charge in [0.25, 0.3) is 0 Å². The minimum atomic E-state index is -0.0727. The van der Waals surface area contributed by atoms with Crippen LogP contribution in [0.15, 0.2) is 36.4 Å². The van der Waals surface area contributed by atoms with Gasteiger partial charge in [-0.1, -0.05) is 29.8 Å². The molecule has 0 bridgehead atoms. The van der Waals surface area contributed by atoms with Crippen LogP contribution in [0.5, 0.6) is 11.5 Å². The maximum absolute atomic E-state index is 12.9. The molecule has 0 spiro atoms. The highest BCUT2D eigenvalue weighted by atomic mass is 35.5. The minimum absolute atomic E-state index is 0.0727. The third-order valence-electron chi connectivity index (χ3n) is 4.11. The molecular formula is C18H12ClNO3. The maximum atomic E-state index is 12.9. The van der Waals surface area contributed by atoms with Crippen molar-refractivity contribution in [3.8, 4) is 22.6 Å². The van der Waals surface area contributed by atoms with Gasteiger partial charge in [-0.05, 0) is 18.2 Å². The number of halogens is 1. The Morgan fingerprint density at radius 1 is 0.957 bits per heavy atom. The van der Waals surface area contributed by atoms with Crippen molar-refractivity contribution in [3.05, 3.63) is 52.7 Å². The summed E-state index contributed by atoms with van der Waals surface area (Å²) in [7, 11) is 3.10. The van der Waals surface area contributed by atoms with Crippen molar-refractivity contribution >= 4 is 28.3 Å². The number of pyridine rings is 1. The molecule has 23 heavy (non-hydrogen) atoms. The zero-order valence-corrected chi connectivity index (χ0v) is 13.3. The summed E-state index contributed by atoms with van der Waals surface area (Å²) in [6.07, 6.45) is 0. The highest BCUT2D eigenvalue weighted by Crippen LogP contribution is 2.47. The van der Waals surface area contributed by atoms with E-state index in [1.165, 1.54) is 0 Å². The van der Waals surface area contributed by atoms with E-state index in [2.05, 4.69) is 4.98 Å². The molecule has 114 valence electrons. The second kappa shape index (κ2) is 4.96. The predicted molar refractivity (Wildman–Crippen MR) is 88.7 cm³/mol. The van der Waals surface area contributed by atoms with E-state index in [1.807, 2.05) is 24.3 Å². The van der Waals surface area contributed by atoms with Gasteiger partial charge in [-0.15, -0.1) is 0 Å². The average molecular weight is 326 g/mol. The number of fused-ring (bicyclic) bond motifs is 5. The molecule has 4 rings (SSSR count). The second-order valence-corrected chi connectivity index (χ2v) is 5.61. The molecule has 0 radical (unpaired) electrons. The van der Waals surface area contributed by atoms with Gasteiger partial charge in [-0.3, -0.25) is 4.79 Å². The van der Waals surface area contributed by atoms with Crippen LogP contribution in [0, 0.1) is 0 Å². The van der Waals surface area contributed by atoms with E-state index >= 15 is 0 Å². The normalized spacial score (nSPS) is 12.2. The summed E-state index contributed by atoms with van der Waals surface area (Å²) in [5.74, 6) is 0.994. The van der Waals surface area contributed by atoms with Crippen LogP contribution in [-0.4, -0.2) is 25.0 Å². The van der Waals surface area contributed by atoms with Gasteiger partial charge in [0.2, 0.25) is 0 Å². The molecule has 3 aromatic rings. The fourth-order valence-electron chi connectivity index (χ4n) is 3.07. The summed E-state index contributed by atoms with van der Waals surface area (Å²) in [5.41, 5.74) is 3.23. The van der Waals surface area contributed by atoms with E-state index in [0.717, 1.165) is 10.9 Å². The van der Waals surface area contributed by atoms with Crippen molar-refractivity contribution in [3.63, 3.8) is 0 Å². The lowest BCUT2D eigenvalue weighted by molar-refractivity contribution is 0.104. The monoisotopic (exact) mass is 325 g/mol. The van der Waals surface area contributed by atoms with E-state index in [1.54, 1.807) is 26.4 Å². The van der Waals surface area contributed by atoms with E-state index in [4.69, 9.17) is 21.1 Å². The first-order valence-corrected chi connectivity index (χ1v) is 7.43. The van der Waals surface area contributed by atoms with Gasteiger partial charge < -0.3 is 9.47 Å². The van der Waals surface area contributed by atoms with Gasteiger partial charge in [0, 0.05) is 27.6 Å². The molecule has 1 aliphatic rings. The van der Waals surface area contributed by atoms with E-state index in [0.29, 0.717) is 38.9 Å². The molecule has 2 aromatic carbocycles. The quantitative estimate of drug-likeness (QED) is 0.520. The number of nitrogens with zero attached hydrogens (tertiary/aromatic N) is 1. The molecule has 1 aromatic heterocycles. The molecule has 5 heteroatoms. The summed E-state index contributed by atoms with van der Waals surface area (Å²) >= 11 is 6.38. The van der Waals surface area contributed by atoms with Gasteiger partial charge in [0.05, 0.1) is 19.7 Å². The number of hydrogen-bond donors (Lipinski definition) is 0. The van der Waals surface area contributed by atoms with Crippen LogP contribution in [0.25, 0.3) is 22.0 Å². The minimum Gasteiger partial charge on any atom is -0.493 e. The molecule has 0 atom stereocenters. The Labute approximate surface area is 137 Å². The van der Waals surface area contributed by atoms with Gasteiger partial charge >= 0.3 is 0 Å². The van der Waals surface area contributed by atoms with Crippen LogP contribution >= 0.6 is 11.6 Å². The first-order chi connectivity index (χ1) is 11.2. The summed E-state index contributed by atoms with van der Waals surface area (Å²) in [5, 5.41) is 1.11. The lowest BCUT2D eigenvalue weighted by Crippen LogP contribution is -1.98. The average Bonchev–Trinajstić information content (AvgIpc) is 2.87. The number of hydrogen-bond acceptors (Lipinski definition) is 4. The number of aromatic nitrogens is 1. The van der Waals surface area contributed by atoms with E-state index in [9.17, 15) is 4.79 Å². The Morgan fingerprint density at radius 2 is 1.61 bits per heavy atom. The number of benzene rings is 2. The lowest BCUT2D eigenvalue weighted by Gasteiger charge is -2.10. The Balaban J connectivity index is 2.11. The Bertz CT molecular complexity index is 982. The second-order valence-electron chi connectivity index (χ2n) is 5.25. The third-order valence-corrected chi connectivity index (χ3v) is 4.39. The van der Waals surface area contributed by atoms with Gasteiger partial charge in [0.1, 0.15) is 5.15 Å². The summed E-state index contributed by atoms with van der Waals surface area (Å²) in [6, 6.07) is 11.0. The van der Waals surface area contributed by atoms with E-state index < -0.39 is 0 Å². The van der Waals surface area contributed by atoms with Crippen molar-refractivity contribution in [1.29, 1.82) is 0 Å². The van der Waals surface area contributed by atoms with Crippen LogP contribution in [-0.2, 0) is 0 Å². The number of carbonyl (C=O) groups is 1. The summed E-state index contributed by atoms with van der Waals surface area (Å²) in [4.78, 5) is 17.4. The Hall–Kier alpha value is -2.59. The SMILES string of the molecule is COc1cc2c(cc1OC)-c1c(Cl)nc3ccccc3c1C2=O. The fraction of sp³-hybridized carbons (Fsp3) is 0.111. The zero-order chi connectivity index (χ0) is 16.1. The molecule has 0 N–H and O–H groups in total. The van der Waals surface area contributed by atoms with E-state index in [-0.39, 0.29) is 5.78 Å². The van der Waals surface area contributed by atoms with Crippen molar-refractivity contribution < 1.29 is 14.3 Å². The number of para-hydroxylation sites is 1. The molecule has 0 fully saturated rings. The standard InChI is InChI=1S/C18H12ClNO3/c1-22-13-7-10-11(8-14(13)23-2)17(21)15-9-5-3-4-6-12(9)20-18(19)16(10)15/h3-8H,1-2H3. The third kappa shape index (κ3) is 1.85. The topological polar surface area (TPSA) is 48.4 Å². The molecule has 0 unspecified atom stereocenters. The number of ketones is 1. The lowest BCUT2D eigenvalue weighted by atomic mass is 10.0. The fourth-order valence-corrected chi connectivity index (χ4v) is 3.36. The van der Waals surface area contributed by atoms with Crippen LogP contribution in [0.1, 0.15) is 15.9 Å². The molecular weight excluding hydrogens is 314 g/mol. The first kappa shape index (κ1) is 14.0. The van der Waals surface area contributed by atoms with Crippen molar-refractivity contribution in [2.45, 2.75) is 0 Å². The van der Waals surface area contributed by atoms with Crippen molar-refractivity contribution in [2.24, 2.45) is 0 Å². The predicted octanol–water partition coefficient (Wildman–Crippen LogP) is 4.12. The zero-order valence-electron chi connectivity index (χ0n) is 12.5. The van der Waals surface area contributed by atoms with Crippen LogP contribution in [0.4, 0.5) is 0 Å². The number of methoxy groups -OCH3 is 2. The first-order valence-electron chi connectivity index (χ1n) is 7.05. The molecule has 0 saturated heterocycles. The molecule has 0 saturated carbocycles. The number of carbonyl (C=O) groups excluding carboxylic acids is 1. The highest BCUT2D eigenvalue weighted by Gasteiger charge is 2.33. The van der Waals surface area contributed by atoms with Crippen LogP contribution < -0.4 is 9.47 Å². The van der Waals surface area contributed by atoms with Crippen LogP contribution in [0.3, 0.4) is 0 Å². The Kier molecular flexibility index (Phi) is 3.03. The molecule has 0 amide bonds. The summed E-state index contributed by atoms with van der Waals surface area (Å²) < 4.78 is 10.6. The molecule has 1 aliphatic carbocycles.